The third-order valence-corrected chi connectivity index (χ3v) is 3.50. The first kappa shape index (κ1) is 14.8. The van der Waals surface area contributed by atoms with E-state index in [2.05, 4.69) is 0 Å². The molecule has 3 rings (SSSR count). The summed E-state index contributed by atoms with van der Waals surface area (Å²) in [6.45, 7) is 0. The molecule has 23 heavy (non-hydrogen) atoms. The number of rotatable bonds is 5. The van der Waals surface area contributed by atoms with Crippen molar-refractivity contribution in [2.45, 2.75) is 0 Å². The standard InChI is InChI=1S/C21H17NO/c23-21(18-10-4-1-5-11-18)16-17-22(19-12-6-2-7-13-19)20-14-8-3-9-15-20/h1-17H/b17-16+. The SMILES string of the molecule is O=C(/C=C/N(c1ccccc1)c1ccccc1)c1ccccc1. The van der Waals surface area contributed by atoms with E-state index < -0.39 is 0 Å². The maximum atomic E-state index is 12.3. The van der Waals surface area contributed by atoms with E-state index in [0.717, 1.165) is 11.4 Å². The Kier molecular flexibility index (Phi) is 4.65. The molecule has 0 spiro atoms. The van der Waals surface area contributed by atoms with Crippen LogP contribution in [0.5, 0.6) is 0 Å². The highest BCUT2D eigenvalue weighted by Gasteiger charge is 2.06. The van der Waals surface area contributed by atoms with Crippen molar-refractivity contribution < 1.29 is 4.79 Å². The van der Waals surface area contributed by atoms with Crippen molar-refractivity contribution in [3.05, 3.63) is 109 Å². The monoisotopic (exact) mass is 299 g/mol. The first-order valence-corrected chi connectivity index (χ1v) is 7.51. The van der Waals surface area contributed by atoms with E-state index in [1.807, 2.05) is 102 Å². The average Bonchev–Trinajstić information content (AvgIpc) is 2.64. The summed E-state index contributed by atoms with van der Waals surface area (Å²) >= 11 is 0. The Labute approximate surface area is 136 Å². The van der Waals surface area contributed by atoms with Crippen LogP contribution < -0.4 is 4.90 Å². The fourth-order valence-electron chi connectivity index (χ4n) is 2.34. The second-order valence-electron chi connectivity index (χ2n) is 5.09. The quantitative estimate of drug-likeness (QED) is 0.475. The van der Waals surface area contributed by atoms with Crippen LogP contribution in [0.1, 0.15) is 10.4 Å². The number of ketones is 1. The molecule has 0 amide bonds. The Morgan fingerprint density at radius 2 is 1.09 bits per heavy atom. The molecular formula is C21H17NO. The number of hydrogen-bond donors (Lipinski definition) is 0. The van der Waals surface area contributed by atoms with Crippen molar-refractivity contribution in [2.24, 2.45) is 0 Å². The molecule has 0 aromatic heterocycles. The van der Waals surface area contributed by atoms with E-state index in [9.17, 15) is 4.79 Å². The lowest BCUT2D eigenvalue weighted by Crippen LogP contribution is -2.09. The minimum Gasteiger partial charge on any atom is -0.317 e. The summed E-state index contributed by atoms with van der Waals surface area (Å²) in [5.74, 6) is -0.0116. The molecule has 2 heteroatoms. The Bertz CT molecular complexity index is 740. The highest BCUT2D eigenvalue weighted by molar-refractivity contribution is 6.04. The number of carbonyl (C=O) groups excluding carboxylic acids is 1. The summed E-state index contributed by atoms with van der Waals surface area (Å²) in [5.41, 5.74) is 2.71. The van der Waals surface area contributed by atoms with Gasteiger partial charge >= 0.3 is 0 Å². The summed E-state index contributed by atoms with van der Waals surface area (Å²) in [7, 11) is 0. The van der Waals surface area contributed by atoms with Crippen LogP contribution in [0.15, 0.2) is 103 Å². The van der Waals surface area contributed by atoms with Crippen LogP contribution in [0.4, 0.5) is 11.4 Å². The van der Waals surface area contributed by atoms with Crippen LogP contribution in [0.25, 0.3) is 0 Å². The van der Waals surface area contributed by atoms with Gasteiger partial charge in [0.1, 0.15) is 0 Å². The van der Waals surface area contributed by atoms with Crippen molar-refractivity contribution >= 4 is 17.2 Å². The van der Waals surface area contributed by atoms with Crippen LogP contribution in [0, 0.1) is 0 Å². The summed E-state index contributed by atoms with van der Waals surface area (Å²) in [5, 5.41) is 0. The normalized spacial score (nSPS) is 10.6. The molecule has 0 aliphatic carbocycles. The van der Waals surface area contributed by atoms with Gasteiger partial charge in [-0.15, -0.1) is 0 Å². The fraction of sp³-hybridized carbons (Fsp3) is 0. The van der Waals surface area contributed by atoms with Crippen LogP contribution in [0.2, 0.25) is 0 Å². The lowest BCUT2D eigenvalue weighted by molar-refractivity contribution is 0.104. The van der Waals surface area contributed by atoms with Gasteiger partial charge in [0.25, 0.3) is 0 Å². The molecule has 0 saturated heterocycles. The van der Waals surface area contributed by atoms with E-state index in [4.69, 9.17) is 0 Å². The van der Waals surface area contributed by atoms with Gasteiger partial charge in [-0.3, -0.25) is 4.79 Å². The van der Waals surface area contributed by atoms with Crippen LogP contribution in [-0.4, -0.2) is 5.78 Å². The number of benzene rings is 3. The van der Waals surface area contributed by atoms with E-state index in [0.29, 0.717) is 5.56 Å². The predicted molar refractivity (Wildman–Crippen MR) is 94.9 cm³/mol. The molecule has 0 unspecified atom stereocenters. The number of allylic oxidation sites excluding steroid dienone is 1. The largest absolute Gasteiger partial charge is 0.317 e. The zero-order chi connectivity index (χ0) is 15.9. The molecule has 0 aliphatic rings. The zero-order valence-electron chi connectivity index (χ0n) is 12.7. The lowest BCUT2D eigenvalue weighted by Gasteiger charge is -2.20. The molecule has 0 fully saturated rings. The van der Waals surface area contributed by atoms with Crippen molar-refractivity contribution in [3.8, 4) is 0 Å². The molecule has 3 aromatic carbocycles. The molecule has 2 nitrogen and oxygen atoms in total. The lowest BCUT2D eigenvalue weighted by atomic mass is 10.1. The van der Waals surface area contributed by atoms with E-state index >= 15 is 0 Å². The average molecular weight is 299 g/mol. The first-order chi connectivity index (χ1) is 11.3. The van der Waals surface area contributed by atoms with E-state index in [1.54, 1.807) is 6.08 Å². The molecule has 0 radical (unpaired) electrons. The van der Waals surface area contributed by atoms with Gasteiger partial charge in [0, 0.05) is 29.2 Å². The van der Waals surface area contributed by atoms with Gasteiger partial charge in [0.05, 0.1) is 0 Å². The third-order valence-electron chi connectivity index (χ3n) is 3.50. The molecule has 0 saturated carbocycles. The van der Waals surface area contributed by atoms with E-state index in [1.165, 1.54) is 0 Å². The van der Waals surface area contributed by atoms with Gasteiger partial charge in [-0.1, -0.05) is 66.7 Å². The smallest absolute Gasteiger partial charge is 0.187 e. The minimum absolute atomic E-state index is 0.0116. The predicted octanol–water partition coefficient (Wildman–Crippen LogP) is 5.22. The molecule has 0 heterocycles. The second-order valence-corrected chi connectivity index (χ2v) is 5.09. The topological polar surface area (TPSA) is 20.3 Å². The molecule has 0 aliphatic heterocycles. The summed E-state index contributed by atoms with van der Waals surface area (Å²) in [6, 6.07) is 29.2. The second kappa shape index (κ2) is 7.23. The molecule has 0 bridgehead atoms. The van der Waals surface area contributed by atoms with Crippen molar-refractivity contribution in [2.75, 3.05) is 4.90 Å². The fourth-order valence-corrected chi connectivity index (χ4v) is 2.34. The van der Waals surface area contributed by atoms with Gasteiger partial charge in [0.15, 0.2) is 5.78 Å². The van der Waals surface area contributed by atoms with Crippen molar-refractivity contribution in [1.29, 1.82) is 0 Å². The highest BCUT2D eigenvalue weighted by atomic mass is 16.1. The van der Waals surface area contributed by atoms with Gasteiger partial charge in [0.2, 0.25) is 0 Å². The molecule has 3 aromatic rings. The summed E-state index contributed by atoms with van der Waals surface area (Å²) < 4.78 is 0. The van der Waals surface area contributed by atoms with Gasteiger partial charge in [-0.2, -0.15) is 0 Å². The maximum absolute atomic E-state index is 12.3. The van der Waals surface area contributed by atoms with Gasteiger partial charge < -0.3 is 4.90 Å². The summed E-state index contributed by atoms with van der Waals surface area (Å²) in [6.07, 6.45) is 3.43. The Balaban J connectivity index is 1.91. The van der Waals surface area contributed by atoms with Crippen LogP contribution in [0.3, 0.4) is 0 Å². The molecule has 0 atom stereocenters. The number of nitrogens with zero attached hydrogens (tertiary/aromatic N) is 1. The molecular weight excluding hydrogens is 282 g/mol. The van der Waals surface area contributed by atoms with Crippen LogP contribution >= 0.6 is 0 Å². The Morgan fingerprint density at radius 1 is 0.652 bits per heavy atom. The minimum atomic E-state index is -0.0116. The Hall–Kier alpha value is -3.13. The van der Waals surface area contributed by atoms with Crippen LogP contribution in [-0.2, 0) is 0 Å². The van der Waals surface area contributed by atoms with Gasteiger partial charge in [-0.25, -0.2) is 0 Å². The third kappa shape index (κ3) is 3.74. The highest BCUT2D eigenvalue weighted by Crippen LogP contribution is 2.25. The number of para-hydroxylation sites is 2. The zero-order valence-corrected chi connectivity index (χ0v) is 12.7. The van der Waals surface area contributed by atoms with Crippen molar-refractivity contribution in [3.63, 3.8) is 0 Å². The summed E-state index contributed by atoms with van der Waals surface area (Å²) in [4.78, 5) is 14.3. The number of hydrogen-bond acceptors (Lipinski definition) is 2. The van der Waals surface area contributed by atoms with E-state index in [-0.39, 0.29) is 5.78 Å². The van der Waals surface area contributed by atoms with Gasteiger partial charge in [-0.05, 0) is 24.3 Å². The number of anilines is 2. The molecule has 0 N–H and O–H groups in total. The Morgan fingerprint density at radius 3 is 1.57 bits per heavy atom. The maximum Gasteiger partial charge on any atom is 0.187 e. The first-order valence-electron chi connectivity index (χ1n) is 7.51. The molecule has 112 valence electrons. The van der Waals surface area contributed by atoms with Crippen molar-refractivity contribution in [1.82, 2.24) is 0 Å². The number of carbonyl (C=O) groups is 1.